The van der Waals surface area contributed by atoms with E-state index in [2.05, 4.69) is 5.32 Å². The van der Waals surface area contributed by atoms with Crippen molar-refractivity contribution in [3.8, 4) is 0 Å². The number of carbonyl (C=O) groups excluding carboxylic acids is 3. The highest BCUT2D eigenvalue weighted by molar-refractivity contribution is 7.12. The molecule has 2 aliphatic rings. The smallest absolute Gasteiger partial charge is 0.264 e. The SMILES string of the molecule is O=C(NCc1ccc(C(=O)N2CCN(C(=O)c3cccs3)CC2)cc1)C1CCCC1. The molecule has 158 valence electrons. The van der Waals surface area contributed by atoms with Gasteiger partial charge in [0, 0.05) is 44.2 Å². The van der Waals surface area contributed by atoms with Crippen LogP contribution in [0.5, 0.6) is 0 Å². The number of nitrogens with one attached hydrogen (secondary N) is 1. The van der Waals surface area contributed by atoms with Crippen molar-refractivity contribution in [1.82, 2.24) is 15.1 Å². The molecule has 30 heavy (non-hydrogen) atoms. The van der Waals surface area contributed by atoms with Crippen molar-refractivity contribution < 1.29 is 14.4 Å². The van der Waals surface area contributed by atoms with Gasteiger partial charge in [-0.3, -0.25) is 14.4 Å². The second-order valence-corrected chi connectivity index (χ2v) is 8.91. The number of hydrogen-bond donors (Lipinski definition) is 1. The summed E-state index contributed by atoms with van der Waals surface area (Å²) in [6.07, 6.45) is 4.27. The van der Waals surface area contributed by atoms with E-state index in [4.69, 9.17) is 0 Å². The van der Waals surface area contributed by atoms with Crippen LogP contribution < -0.4 is 5.32 Å². The Hall–Kier alpha value is -2.67. The first-order chi connectivity index (χ1) is 14.6. The summed E-state index contributed by atoms with van der Waals surface area (Å²) in [6.45, 7) is 2.67. The van der Waals surface area contributed by atoms with Crippen molar-refractivity contribution in [3.05, 3.63) is 57.8 Å². The second-order valence-electron chi connectivity index (χ2n) is 7.96. The molecule has 0 spiro atoms. The lowest BCUT2D eigenvalue weighted by atomic mass is 10.1. The first-order valence-electron chi connectivity index (χ1n) is 10.6. The van der Waals surface area contributed by atoms with E-state index >= 15 is 0 Å². The molecule has 4 rings (SSSR count). The van der Waals surface area contributed by atoms with Crippen LogP contribution in [0.1, 0.15) is 51.3 Å². The molecule has 1 aromatic heterocycles. The molecular weight excluding hydrogens is 398 g/mol. The van der Waals surface area contributed by atoms with Crippen LogP contribution in [0.3, 0.4) is 0 Å². The minimum atomic E-state index is -0.0141. The fraction of sp³-hybridized carbons (Fsp3) is 0.435. The normalized spacial score (nSPS) is 17.2. The monoisotopic (exact) mass is 425 g/mol. The number of hydrogen-bond acceptors (Lipinski definition) is 4. The Morgan fingerprint density at radius 1 is 0.900 bits per heavy atom. The van der Waals surface area contributed by atoms with Gasteiger partial charge in [-0.15, -0.1) is 11.3 Å². The van der Waals surface area contributed by atoms with E-state index in [0.717, 1.165) is 36.1 Å². The van der Waals surface area contributed by atoms with Gasteiger partial charge in [0.05, 0.1) is 4.88 Å². The van der Waals surface area contributed by atoms with E-state index in [0.29, 0.717) is 38.3 Å². The Balaban J connectivity index is 1.26. The molecule has 0 radical (unpaired) electrons. The van der Waals surface area contributed by atoms with Crippen LogP contribution in [0.2, 0.25) is 0 Å². The summed E-state index contributed by atoms with van der Waals surface area (Å²) >= 11 is 1.44. The Labute approximate surface area is 180 Å². The third-order valence-electron chi connectivity index (χ3n) is 5.98. The molecule has 0 atom stereocenters. The van der Waals surface area contributed by atoms with Gasteiger partial charge in [-0.2, -0.15) is 0 Å². The second kappa shape index (κ2) is 9.43. The molecule has 2 heterocycles. The molecule has 1 aliphatic carbocycles. The summed E-state index contributed by atoms with van der Waals surface area (Å²) in [6, 6.07) is 11.2. The highest BCUT2D eigenvalue weighted by Crippen LogP contribution is 2.24. The maximum absolute atomic E-state index is 12.8. The van der Waals surface area contributed by atoms with Gasteiger partial charge >= 0.3 is 0 Å². The van der Waals surface area contributed by atoms with Crippen LogP contribution in [0.25, 0.3) is 0 Å². The first-order valence-corrected chi connectivity index (χ1v) is 11.5. The molecule has 1 aliphatic heterocycles. The zero-order valence-electron chi connectivity index (χ0n) is 17.0. The summed E-state index contributed by atoms with van der Waals surface area (Å²) < 4.78 is 0. The topological polar surface area (TPSA) is 69.7 Å². The largest absolute Gasteiger partial charge is 0.352 e. The molecule has 1 N–H and O–H groups in total. The van der Waals surface area contributed by atoms with E-state index in [1.165, 1.54) is 11.3 Å². The van der Waals surface area contributed by atoms with Crippen LogP contribution >= 0.6 is 11.3 Å². The number of rotatable bonds is 5. The van der Waals surface area contributed by atoms with Gasteiger partial charge < -0.3 is 15.1 Å². The van der Waals surface area contributed by atoms with Crippen molar-refractivity contribution in [3.63, 3.8) is 0 Å². The summed E-state index contributed by atoms with van der Waals surface area (Å²) in [5, 5.41) is 4.91. The molecule has 0 unspecified atom stereocenters. The van der Waals surface area contributed by atoms with E-state index < -0.39 is 0 Å². The van der Waals surface area contributed by atoms with Crippen molar-refractivity contribution in [2.75, 3.05) is 26.2 Å². The van der Waals surface area contributed by atoms with Gasteiger partial charge in [0.15, 0.2) is 0 Å². The molecular formula is C23H27N3O3S. The maximum Gasteiger partial charge on any atom is 0.264 e. The van der Waals surface area contributed by atoms with Gasteiger partial charge in [0.25, 0.3) is 11.8 Å². The number of amides is 3. The standard InChI is InChI=1S/C23H27N3O3S/c27-21(18-4-1-2-5-18)24-16-17-7-9-19(10-8-17)22(28)25-11-13-26(14-12-25)23(29)20-6-3-15-30-20/h3,6-10,15,18H,1-2,4-5,11-14,16H2,(H,24,27). The van der Waals surface area contributed by atoms with Crippen molar-refractivity contribution in [1.29, 1.82) is 0 Å². The average Bonchev–Trinajstić information content (AvgIpc) is 3.51. The van der Waals surface area contributed by atoms with Crippen LogP contribution in [0.15, 0.2) is 41.8 Å². The summed E-state index contributed by atoms with van der Waals surface area (Å²) in [5.41, 5.74) is 1.63. The molecule has 0 bridgehead atoms. The zero-order chi connectivity index (χ0) is 20.9. The number of benzene rings is 1. The van der Waals surface area contributed by atoms with Gasteiger partial charge in [-0.05, 0) is 42.0 Å². The van der Waals surface area contributed by atoms with Crippen LogP contribution in [-0.2, 0) is 11.3 Å². The fourth-order valence-corrected chi connectivity index (χ4v) is 4.83. The molecule has 1 saturated heterocycles. The highest BCUT2D eigenvalue weighted by Gasteiger charge is 2.26. The Kier molecular flexibility index (Phi) is 6.47. The quantitative estimate of drug-likeness (QED) is 0.800. The summed E-state index contributed by atoms with van der Waals surface area (Å²) in [5.74, 6) is 0.333. The highest BCUT2D eigenvalue weighted by atomic mass is 32.1. The van der Waals surface area contributed by atoms with E-state index in [1.807, 2.05) is 46.7 Å². The average molecular weight is 426 g/mol. The number of thiophene rings is 1. The lowest BCUT2D eigenvalue weighted by Crippen LogP contribution is -2.50. The Bertz CT molecular complexity index is 881. The Morgan fingerprint density at radius 3 is 2.13 bits per heavy atom. The fourth-order valence-electron chi connectivity index (χ4n) is 4.14. The van der Waals surface area contributed by atoms with Gasteiger partial charge in [-0.1, -0.05) is 31.0 Å². The van der Waals surface area contributed by atoms with Crippen LogP contribution in [0.4, 0.5) is 0 Å². The Morgan fingerprint density at radius 2 is 1.53 bits per heavy atom. The first kappa shape index (κ1) is 20.6. The predicted molar refractivity (Wildman–Crippen MR) is 116 cm³/mol. The third kappa shape index (κ3) is 4.73. The van der Waals surface area contributed by atoms with Crippen molar-refractivity contribution >= 4 is 29.1 Å². The lowest BCUT2D eigenvalue weighted by molar-refractivity contribution is -0.124. The van der Waals surface area contributed by atoms with E-state index in [9.17, 15) is 14.4 Å². The van der Waals surface area contributed by atoms with Gasteiger partial charge in [0.2, 0.25) is 5.91 Å². The number of carbonyl (C=O) groups is 3. The minimum Gasteiger partial charge on any atom is -0.352 e. The minimum absolute atomic E-state index is 0.0141. The molecule has 1 aromatic carbocycles. The lowest BCUT2D eigenvalue weighted by Gasteiger charge is -2.34. The number of nitrogens with zero attached hydrogens (tertiary/aromatic N) is 2. The van der Waals surface area contributed by atoms with Crippen molar-refractivity contribution in [2.24, 2.45) is 5.92 Å². The maximum atomic E-state index is 12.8. The van der Waals surface area contributed by atoms with Crippen LogP contribution in [-0.4, -0.2) is 53.7 Å². The molecule has 2 aromatic rings. The van der Waals surface area contributed by atoms with Gasteiger partial charge in [0.1, 0.15) is 0 Å². The molecule has 3 amide bonds. The predicted octanol–water partition coefficient (Wildman–Crippen LogP) is 3.15. The molecule has 6 nitrogen and oxygen atoms in total. The zero-order valence-corrected chi connectivity index (χ0v) is 17.8. The summed E-state index contributed by atoms with van der Waals surface area (Å²) in [7, 11) is 0. The van der Waals surface area contributed by atoms with E-state index in [1.54, 1.807) is 4.90 Å². The van der Waals surface area contributed by atoms with E-state index in [-0.39, 0.29) is 23.6 Å². The third-order valence-corrected chi connectivity index (χ3v) is 6.84. The molecule has 1 saturated carbocycles. The summed E-state index contributed by atoms with van der Waals surface area (Å²) in [4.78, 5) is 41.8. The van der Waals surface area contributed by atoms with Crippen LogP contribution in [0, 0.1) is 5.92 Å². The van der Waals surface area contributed by atoms with Crippen molar-refractivity contribution in [2.45, 2.75) is 32.2 Å². The molecule has 7 heteroatoms. The number of piperazine rings is 1. The van der Waals surface area contributed by atoms with Gasteiger partial charge in [-0.25, -0.2) is 0 Å². The molecule has 2 fully saturated rings.